The molecule has 0 radical (unpaired) electrons. The van der Waals surface area contributed by atoms with E-state index in [-0.39, 0.29) is 28.3 Å². The van der Waals surface area contributed by atoms with E-state index in [2.05, 4.69) is 37.6 Å². The average Bonchev–Trinajstić information content (AvgIpc) is 3.62. The maximum atomic E-state index is 14.8. The zero-order valence-electron chi connectivity index (χ0n) is 24.8. The summed E-state index contributed by atoms with van der Waals surface area (Å²) in [6.07, 6.45) is 7.53. The maximum absolute atomic E-state index is 14.8. The number of carbonyl (C=O) groups is 1. The molecule has 1 aliphatic carbocycles. The van der Waals surface area contributed by atoms with Gasteiger partial charge in [-0.2, -0.15) is 0 Å². The van der Waals surface area contributed by atoms with Gasteiger partial charge < -0.3 is 9.64 Å². The third-order valence-electron chi connectivity index (χ3n) is 8.42. The van der Waals surface area contributed by atoms with E-state index in [4.69, 9.17) is 4.74 Å². The van der Waals surface area contributed by atoms with Crippen LogP contribution in [0, 0.1) is 11.7 Å². The third-order valence-corrected chi connectivity index (χ3v) is 9.79. The Morgan fingerprint density at radius 2 is 1.69 bits per heavy atom. The first-order chi connectivity index (χ1) is 20.0. The Kier molecular flexibility index (Phi) is 8.92. The number of hydrogen-bond donors (Lipinski definition) is 1. The molecule has 224 valence electrons. The summed E-state index contributed by atoms with van der Waals surface area (Å²) in [7, 11) is -4.04. The number of amides is 1. The normalized spacial score (nSPS) is 15.6. The Balaban J connectivity index is 1.17. The van der Waals surface area contributed by atoms with Crippen LogP contribution in [-0.2, 0) is 39.7 Å². The SMILES string of the molecule is CC(C)(C)c1ccc(CC(=O)N2Cc3ccc(S(=O)(=O)Nc4ccc(OCCCC5CCCC5)cc4F)cc3C2)cc1. The highest BCUT2D eigenvalue weighted by Crippen LogP contribution is 2.30. The molecule has 42 heavy (non-hydrogen) atoms. The first-order valence-corrected chi connectivity index (χ1v) is 16.4. The number of rotatable bonds is 10. The number of ether oxygens (including phenoxy) is 1. The van der Waals surface area contributed by atoms with E-state index >= 15 is 0 Å². The van der Waals surface area contributed by atoms with Crippen LogP contribution in [0.15, 0.2) is 65.6 Å². The van der Waals surface area contributed by atoms with Crippen LogP contribution >= 0.6 is 0 Å². The van der Waals surface area contributed by atoms with Gasteiger partial charge in [0.05, 0.1) is 23.6 Å². The minimum atomic E-state index is -4.04. The monoisotopic (exact) mass is 592 g/mol. The van der Waals surface area contributed by atoms with Gasteiger partial charge in [0.1, 0.15) is 5.75 Å². The minimum absolute atomic E-state index is 0.0137. The van der Waals surface area contributed by atoms with Gasteiger partial charge in [0.15, 0.2) is 5.82 Å². The van der Waals surface area contributed by atoms with E-state index in [0.717, 1.165) is 35.4 Å². The predicted octanol–water partition coefficient (Wildman–Crippen LogP) is 7.36. The van der Waals surface area contributed by atoms with Crippen LogP contribution in [0.4, 0.5) is 10.1 Å². The smallest absolute Gasteiger partial charge is 0.261 e. The molecule has 5 rings (SSSR count). The number of sulfonamides is 1. The summed E-state index contributed by atoms with van der Waals surface area (Å²) in [6, 6.07) is 17.1. The van der Waals surface area contributed by atoms with Crippen LogP contribution in [0.1, 0.15) is 81.5 Å². The lowest BCUT2D eigenvalue weighted by molar-refractivity contribution is -0.131. The van der Waals surface area contributed by atoms with Crippen molar-refractivity contribution in [2.45, 2.75) is 89.1 Å². The number of nitrogens with zero attached hydrogens (tertiary/aromatic N) is 1. The van der Waals surface area contributed by atoms with Crippen molar-refractivity contribution < 1.29 is 22.3 Å². The number of anilines is 1. The molecule has 8 heteroatoms. The molecule has 1 aliphatic heterocycles. The second-order valence-corrected chi connectivity index (χ2v) is 14.4. The fourth-order valence-electron chi connectivity index (χ4n) is 5.86. The Morgan fingerprint density at radius 3 is 2.38 bits per heavy atom. The Labute approximate surface area is 249 Å². The maximum Gasteiger partial charge on any atom is 0.261 e. The van der Waals surface area contributed by atoms with E-state index < -0.39 is 15.8 Å². The molecule has 0 bridgehead atoms. The summed E-state index contributed by atoms with van der Waals surface area (Å²) >= 11 is 0. The quantitative estimate of drug-likeness (QED) is 0.250. The second kappa shape index (κ2) is 12.5. The van der Waals surface area contributed by atoms with Crippen molar-refractivity contribution in [1.29, 1.82) is 0 Å². The first kappa shape index (κ1) is 30.1. The molecule has 1 heterocycles. The van der Waals surface area contributed by atoms with Crippen molar-refractivity contribution in [3.63, 3.8) is 0 Å². The molecule has 0 spiro atoms. The summed E-state index contributed by atoms with van der Waals surface area (Å²) < 4.78 is 49.2. The van der Waals surface area contributed by atoms with Gasteiger partial charge >= 0.3 is 0 Å². The minimum Gasteiger partial charge on any atom is -0.493 e. The van der Waals surface area contributed by atoms with E-state index in [1.807, 2.05) is 12.1 Å². The van der Waals surface area contributed by atoms with Gasteiger partial charge in [-0.15, -0.1) is 0 Å². The number of hydrogen-bond acceptors (Lipinski definition) is 4. The van der Waals surface area contributed by atoms with Gasteiger partial charge in [-0.25, -0.2) is 12.8 Å². The standard InChI is InChI=1S/C34H41FN2O4S/c1-34(2,3)28-13-10-25(11-14-28)19-33(38)37-22-26-12-16-30(20-27(26)23-37)42(39,40)36-32-17-15-29(21-31(32)35)41-18-6-9-24-7-4-5-8-24/h10-17,20-21,24,36H,4-9,18-19,22-23H2,1-3H3. The summed E-state index contributed by atoms with van der Waals surface area (Å²) in [6.45, 7) is 7.73. The van der Waals surface area contributed by atoms with Crippen molar-refractivity contribution in [3.8, 4) is 5.75 Å². The molecule has 1 saturated carbocycles. The molecule has 0 saturated heterocycles. The number of carbonyl (C=O) groups excluding carboxylic acids is 1. The molecule has 0 aromatic heterocycles. The van der Waals surface area contributed by atoms with Gasteiger partial charge in [0.25, 0.3) is 10.0 Å². The molecule has 1 N–H and O–H groups in total. The summed E-state index contributed by atoms with van der Waals surface area (Å²) in [4.78, 5) is 14.8. The largest absolute Gasteiger partial charge is 0.493 e. The van der Waals surface area contributed by atoms with E-state index in [0.29, 0.717) is 25.4 Å². The first-order valence-electron chi connectivity index (χ1n) is 14.9. The Hall–Kier alpha value is -3.39. The molecule has 1 amide bonds. The zero-order valence-corrected chi connectivity index (χ0v) is 25.6. The lowest BCUT2D eigenvalue weighted by atomic mass is 9.86. The molecule has 2 aliphatic rings. The van der Waals surface area contributed by atoms with Crippen molar-refractivity contribution in [2.75, 3.05) is 11.3 Å². The number of halogens is 1. The van der Waals surface area contributed by atoms with Crippen LogP contribution in [0.2, 0.25) is 0 Å². The van der Waals surface area contributed by atoms with Crippen LogP contribution in [0.3, 0.4) is 0 Å². The molecule has 3 aromatic carbocycles. The highest BCUT2D eigenvalue weighted by molar-refractivity contribution is 7.92. The zero-order chi connectivity index (χ0) is 29.9. The summed E-state index contributed by atoms with van der Waals surface area (Å²) in [5.41, 5.74) is 3.75. The molecular weight excluding hydrogens is 551 g/mol. The fourth-order valence-corrected chi connectivity index (χ4v) is 6.97. The van der Waals surface area contributed by atoms with Gasteiger partial charge in [-0.3, -0.25) is 9.52 Å². The Bertz CT molecular complexity index is 1520. The average molecular weight is 593 g/mol. The van der Waals surface area contributed by atoms with E-state index in [1.165, 1.54) is 49.4 Å². The third kappa shape index (κ3) is 7.33. The lowest BCUT2D eigenvalue weighted by Crippen LogP contribution is -2.26. The van der Waals surface area contributed by atoms with Crippen LogP contribution < -0.4 is 9.46 Å². The van der Waals surface area contributed by atoms with Crippen molar-refractivity contribution in [1.82, 2.24) is 4.90 Å². The van der Waals surface area contributed by atoms with E-state index in [1.54, 1.807) is 23.1 Å². The van der Waals surface area contributed by atoms with E-state index in [9.17, 15) is 17.6 Å². The molecule has 1 fully saturated rings. The topological polar surface area (TPSA) is 75.7 Å². The fraction of sp³-hybridized carbons (Fsp3) is 0.441. The molecule has 0 unspecified atom stereocenters. The van der Waals surface area contributed by atoms with Gasteiger partial charge in [-0.05, 0) is 70.7 Å². The number of benzene rings is 3. The predicted molar refractivity (Wildman–Crippen MR) is 163 cm³/mol. The van der Waals surface area contributed by atoms with Crippen LogP contribution in [0.25, 0.3) is 0 Å². The van der Waals surface area contributed by atoms with Crippen molar-refractivity contribution >= 4 is 21.6 Å². The van der Waals surface area contributed by atoms with Crippen molar-refractivity contribution in [2.24, 2.45) is 5.92 Å². The molecule has 0 atom stereocenters. The summed E-state index contributed by atoms with van der Waals surface area (Å²) in [5.74, 6) is 0.455. The van der Waals surface area contributed by atoms with Gasteiger partial charge in [-0.1, -0.05) is 76.8 Å². The lowest BCUT2D eigenvalue weighted by Gasteiger charge is -2.19. The molecule has 3 aromatic rings. The molecule has 6 nitrogen and oxygen atoms in total. The van der Waals surface area contributed by atoms with Crippen LogP contribution in [0.5, 0.6) is 5.75 Å². The van der Waals surface area contributed by atoms with Crippen molar-refractivity contribution in [3.05, 3.63) is 88.7 Å². The number of nitrogens with one attached hydrogen (secondary N) is 1. The van der Waals surface area contributed by atoms with Crippen LogP contribution in [-0.4, -0.2) is 25.8 Å². The Morgan fingerprint density at radius 1 is 0.976 bits per heavy atom. The highest BCUT2D eigenvalue weighted by Gasteiger charge is 2.26. The number of fused-ring (bicyclic) bond motifs is 1. The second-order valence-electron chi connectivity index (χ2n) is 12.7. The van der Waals surface area contributed by atoms with Gasteiger partial charge in [0.2, 0.25) is 5.91 Å². The summed E-state index contributed by atoms with van der Waals surface area (Å²) in [5, 5.41) is 0. The highest BCUT2D eigenvalue weighted by atomic mass is 32.2. The van der Waals surface area contributed by atoms with Gasteiger partial charge in [0, 0.05) is 19.2 Å². The molecular formula is C34H41FN2O4S.